The first kappa shape index (κ1) is 23.7. The Labute approximate surface area is 201 Å². The zero-order valence-corrected chi connectivity index (χ0v) is 19.0. The van der Waals surface area contributed by atoms with Gasteiger partial charge in [0.25, 0.3) is 5.91 Å². The molecule has 0 aliphatic heterocycles. The van der Waals surface area contributed by atoms with Crippen molar-refractivity contribution in [3.05, 3.63) is 94.8 Å². The van der Waals surface area contributed by atoms with Gasteiger partial charge in [-0.2, -0.15) is 0 Å². The van der Waals surface area contributed by atoms with Crippen molar-refractivity contribution in [3.63, 3.8) is 0 Å². The molecule has 0 atom stereocenters. The normalized spacial score (nSPS) is 10.7. The van der Waals surface area contributed by atoms with Crippen molar-refractivity contribution in [1.29, 1.82) is 0 Å². The number of hydrogen-bond donors (Lipinski definition) is 1. The number of amides is 1. The van der Waals surface area contributed by atoms with Crippen molar-refractivity contribution in [3.8, 4) is 22.6 Å². The predicted octanol–water partition coefficient (Wildman–Crippen LogP) is 3.82. The number of carbonyl (C=O) groups excluding carboxylic acids is 2. The van der Waals surface area contributed by atoms with Gasteiger partial charge < -0.3 is 23.9 Å². The van der Waals surface area contributed by atoms with E-state index in [0.29, 0.717) is 17.7 Å². The molecule has 8 nitrogen and oxygen atoms in total. The lowest BCUT2D eigenvalue weighted by molar-refractivity contribution is -0.136. The molecule has 3 aromatic carbocycles. The summed E-state index contributed by atoms with van der Waals surface area (Å²) in [5, 5.41) is 3.08. The van der Waals surface area contributed by atoms with Crippen LogP contribution in [0.15, 0.2) is 88.1 Å². The van der Waals surface area contributed by atoms with E-state index in [1.54, 1.807) is 24.3 Å². The van der Waals surface area contributed by atoms with Gasteiger partial charge in [0.1, 0.15) is 22.6 Å². The van der Waals surface area contributed by atoms with E-state index in [4.69, 9.17) is 18.6 Å². The minimum Gasteiger partial charge on any atom is -0.482 e. The predicted molar refractivity (Wildman–Crippen MR) is 130 cm³/mol. The summed E-state index contributed by atoms with van der Waals surface area (Å²) in [5.41, 5.74) is 1.39. The van der Waals surface area contributed by atoms with E-state index in [2.05, 4.69) is 5.32 Å². The summed E-state index contributed by atoms with van der Waals surface area (Å²) in [7, 11) is 1.51. The van der Waals surface area contributed by atoms with E-state index in [1.807, 2.05) is 42.5 Å². The minimum absolute atomic E-state index is 0.120. The summed E-state index contributed by atoms with van der Waals surface area (Å²) in [4.78, 5) is 36.6. The standard InChI is InChI=1S/C27H23NO7/c1-32-14-13-28-26(30)23-15-20-9-12-22(16-24(20)35-27(23)31)34-25(29)17-33-21-10-7-19(8-11-21)18-5-3-2-4-6-18/h2-12,15-16H,13-14,17H2,1H3,(H,28,30). The molecule has 1 aromatic heterocycles. The van der Waals surface area contributed by atoms with Gasteiger partial charge in [0, 0.05) is 25.1 Å². The Bertz CT molecular complexity index is 1380. The average Bonchev–Trinajstić information content (AvgIpc) is 2.88. The van der Waals surface area contributed by atoms with Gasteiger partial charge in [0.05, 0.1) is 6.61 Å². The third-order valence-corrected chi connectivity index (χ3v) is 5.09. The Hall–Kier alpha value is -4.43. The second-order valence-electron chi connectivity index (χ2n) is 7.55. The van der Waals surface area contributed by atoms with Crippen LogP contribution in [0.2, 0.25) is 0 Å². The van der Waals surface area contributed by atoms with Crippen LogP contribution in [0.4, 0.5) is 0 Å². The molecule has 0 spiro atoms. The van der Waals surface area contributed by atoms with Crippen molar-refractivity contribution in [2.75, 3.05) is 26.9 Å². The fraction of sp³-hybridized carbons (Fsp3) is 0.148. The number of carbonyl (C=O) groups is 2. The van der Waals surface area contributed by atoms with Crippen LogP contribution in [-0.2, 0) is 9.53 Å². The van der Waals surface area contributed by atoms with Crippen LogP contribution in [0.1, 0.15) is 10.4 Å². The van der Waals surface area contributed by atoms with Crippen LogP contribution in [-0.4, -0.2) is 38.7 Å². The third kappa shape index (κ3) is 6.13. The molecule has 0 aliphatic rings. The topological polar surface area (TPSA) is 104 Å². The van der Waals surface area contributed by atoms with Gasteiger partial charge in [0.2, 0.25) is 0 Å². The minimum atomic E-state index is -0.793. The lowest BCUT2D eigenvalue weighted by Gasteiger charge is -2.09. The maximum Gasteiger partial charge on any atom is 0.349 e. The molecule has 35 heavy (non-hydrogen) atoms. The van der Waals surface area contributed by atoms with Gasteiger partial charge >= 0.3 is 11.6 Å². The summed E-state index contributed by atoms with van der Waals surface area (Å²) in [6.07, 6.45) is 0. The molecule has 0 unspecified atom stereocenters. The highest BCUT2D eigenvalue weighted by Gasteiger charge is 2.14. The van der Waals surface area contributed by atoms with Crippen molar-refractivity contribution in [1.82, 2.24) is 5.32 Å². The van der Waals surface area contributed by atoms with Gasteiger partial charge in [0.15, 0.2) is 6.61 Å². The molecule has 0 radical (unpaired) electrons. The first-order valence-electron chi connectivity index (χ1n) is 10.9. The molecule has 0 bridgehead atoms. The van der Waals surface area contributed by atoms with E-state index in [-0.39, 0.29) is 30.0 Å². The molecule has 1 amide bonds. The fourth-order valence-electron chi connectivity index (χ4n) is 3.35. The number of fused-ring (bicyclic) bond motifs is 1. The summed E-state index contributed by atoms with van der Waals surface area (Å²) in [6, 6.07) is 23.3. The van der Waals surface area contributed by atoms with Crippen LogP contribution in [0.25, 0.3) is 22.1 Å². The van der Waals surface area contributed by atoms with Gasteiger partial charge in [-0.3, -0.25) is 4.79 Å². The van der Waals surface area contributed by atoms with Gasteiger partial charge in [-0.15, -0.1) is 0 Å². The lowest BCUT2D eigenvalue weighted by Crippen LogP contribution is -2.30. The second-order valence-corrected chi connectivity index (χ2v) is 7.55. The van der Waals surface area contributed by atoms with Crippen LogP contribution >= 0.6 is 0 Å². The molecule has 4 aromatic rings. The molecule has 178 valence electrons. The highest BCUT2D eigenvalue weighted by molar-refractivity contribution is 5.96. The smallest absolute Gasteiger partial charge is 0.349 e. The molecular weight excluding hydrogens is 450 g/mol. The van der Waals surface area contributed by atoms with Gasteiger partial charge in [-0.25, -0.2) is 9.59 Å². The average molecular weight is 473 g/mol. The third-order valence-electron chi connectivity index (χ3n) is 5.09. The van der Waals surface area contributed by atoms with Crippen molar-refractivity contribution in [2.45, 2.75) is 0 Å². The van der Waals surface area contributed by atoms with Crippen molar-refractivity contribution in [2.24, 2.45) is 0 Å². The van der Waals surface area contributed by atoms with E-state index >= 15 is 0 Å². The Balaban J connectivity index is 1.36. The SMILES string of the molecule is COCCNC(=O)c1cc2ccc(OC(=O)COc3ccc(-c4ccccc4)cc3)cc2oc1=O. The molecule has 0 saturated carbocycles. The number of benzene rings is 3. The van der Waals surface area contributed by atoms with Crippen molar-refractivity contribution < 1.29 is 28.2 Å². The first-order chi connectivity index (χ1) is 17.0. The quantitative estimate of drug-likeness (QED) is 0.171. The number of rotatable bonds is 9. The van der Waals surface area contributed by atoms with Gasteiger partial charge in [-0.1, -0.05) is 42.5 Å². The van der Waals surface area contributed by atoms with E-state index in [0.717, 1.165) is 11.1 Å². The molecule has 1 heterocycles. The summed E-state index contributed by atoms with van der Waals surface area (Å²) in [6.45, 7) is 0.288. The number of ether oxygens (including phenoxy) is 3. The Morgan fingerprint density at radius 3 is 2.34 bits per heavy atom. The van der Waals surface area contributed by atoms with Crippen LogP contribution in [0, 0.1) is 0 Å². The van der Waals surface area contributed by atoms with E-state index in [9.17, 15) is 14.4 Å². The van der Waals surface area contributed by atoms with Crippen molar-refractivity contribution >= 4 is 22.8 Å². The maximum atomic E-state index is 12.2. The molecule has 0 aliphatic carbocycles. The van der Waals surface area contributed by atoms with Crippen LogP contribution < -0.4 is 20.4 Å². The number of nitrogens with one attached hydrogen (secondary N) is 1. The monoisotopic (exact) mass is 473 g/mol. The fourth-order valence-corrected chi connectivity index (χ4v) is 3.35. The Kier molecular flexibility index (Phi) is 7.54. The molecule has 8 heteroatoms. The van der Waals surface area contributed by atoms with E-state index < -0.39 is 17.5 Å². The molecule has 0 fully saturated rings. The van der Waals surface area contributed by atoms with Crippen LogP contribution in [0.3, 0.4) is 0 Å². The molecular formula is C27H23NO7. The Morgan fingerprint density at radius 2 is 1.60 bits per heavy atom. The largest absolute Gasteiger partial charge is 0.482 e. The second kappa shape index (κ2) is 11.1. The lowest BCUT2D eigenvalue weighted by atomic mass is 10.1. The zero-order chi connectivity index (χ0) is 24.6. The molecule has 4 rings (SSSR count). The molecule has 0 saturated heterocycles. The summed E-state index contributed by atoms with van der Waals surface area (Å²) in [5.74, 6) is -0.455. The summed E-state index contributed by atoms with van der Waals surface area (Å²) < 4.78 is 20.9. The Morgan fingerprint density at radius 1 is 0.886 bits per heavy atom. The maximum absolute atomic E-state index is 12.2. The number of hydrogen-bond acceptors (Lipinski definition) is 7. The van der Waals surface area contributed by atoms with Gasteiger partial charge in [-0.05, 0) is 41.5 Å². The number of methoxy groups -OCH3 is 1. The summed E-state index contributed by atoms with van der Waals surface area (Å²) >= 11 is 0. The first-order valence-corrected chi connectivity index (χ1v) is 10.9. The van der Waals surface area contributed by atoms with Crippen LogP contribution in [0.5, 0.6) is 11.5 Å². The van der Waals surface area contributed by atoms with E-state index in [1.165, 1.54) is 19.2 Å². The number of esters is 1. The highest BCUT2D eigenvalue weighted by Crippen LogP contribution is 2.23. The highest BCUT2D eigenvalue weighted by atomic mass is 16.6. The molecule has 1 N–H and O–H groups in total. The zero-order valence-electron chi connectivity index (χ0n) is 19.0.